The number of H-pyrrole nitrogens is 1. The number of aromatic amines is 1. The van der Waals surface area contributed by atoms with Crippen molar-refractivity contribution < 1.29 is 18.8 Å². The van der Waals surface area contributed by atoms with Crippen LogP contribution in [0.1, 0.15) is 55.3 Å². The van der Waals surface area contributed by atoms with Gasteiger partial charge in [-0.05, 0) is 36.6 Å². The van der Waals surface area contributed by atoms with Crippen LogP contribution in [0.5, 0.6) is 0 Å². The van der Waals surface area contributed by atoms with Gasteiger partial charge in [0, 0.05) is 24.5 Å². The summed E-state index contributed by atoms with van der Waals surface area (Å²) in [5, 5.41) is 5.21. The third-order valence-corrected chi connectivity index (χ3v) is 7.84. The molecule has 4 aromatic rings. The van der Waals surface area contributed by atoms with Crippen molar-refractivity contribution >= 4 is 40.6 Å². The summed E-state index contributed by atoms with van der Waals surface area (Å²) in [5.41, 5.74) is 3.03. The van der Waals surface area contributed by atoms with Crippen molar-refractivity contribution in [2.45, 2.75) is 31.5 Å². The Balaban J connectivity index is 1.25. The van der Waals surface area contributed by atoms with Crippen molar-refractivity contribution in [1.29, 1.82) is 0 Å². The Labute approximate surface area is 216 Å². The van der Waals surface area contributed by atoms with Crippen LogP contribution in [0.2, 0.25) is 5.02 Å². The summed E-state index contributed by atoms with van der Waals surface area (Å²) in [7, 11) is 1.78. The van der Waals surface area contributed by atoms with E-state index >= 15 is 0 Å². The molecule has 2 aromatic heterocycles. The van der Waals surface area contributed by atoms with E-state index in [1.54, 1.807) is 45.9 Å². The molecule has 1 aliphatic carbocycles. The maximum Gasteiger partial charge on any atom is 0.270 e. The Hall–Kier alpha value is -3.98. The van der Waals surface area contributed by atoms with Gasteiger partial charge in [0.05, 0.1) is 46.6 Å². The zero-order valence-electron chi connectivity index (χ0n) is 20.0. The number of rotatable bonds is 5. The van der Waals surface area contributed by atoms with Gasteiger partial charge in [0.1, 0.15) is 17.8 Å². The van der Waals surface area contributed by atoms with Crippen molar-refractivity contribution in [3.8, 4) is 0 Å². The average Bonchev–Trinajstić information content (AvgIpc) is 3.42. The molecule has 0 bridgehead atoms. The zero-order valence-corrected chi connectivity index (χ0v) is 20.8. The Kier molecular flexibility index (Phi) is 5.41. The van der Waals surface area contributed by atoms with Crippen LogP contribution < -0.4 is 0 Å². The standard InChI is InChI=1S/C27H23ClFN5O3/c1-32(27(6-7-27)17-4-2-16(15-35)3-5-17)25(36)20-13-30-34-9-8-33(14-24(20)34)26(37)23-12-19-21(28)10-18(29)11-22(19)31-23/h2-5,10-13,15,31H,6-9,14H2,1H3. The number of amides is 2. The maximum absolute atomic E-state index is 13.7. The Morgan fingerprint density at radius 2 is 1.92 bits per heavy atom. The van der Waals surface area contributed by atoms with Gasteiger partial charge < -0.3 is 14.8 Å². The van der Waals surface area contributed by atoms with E-state index < -0.39 is 11.4 Å². The molecule has 188 valence electrons. The quantitative estimate of drug-likeness (QED) is 0.396. The highest BCUT2D eigenvalue weighted by Crippen LogP contribution is 2.51. The fourth-order valence-electron chi connectivity index (χ4n) is 5.23. The second kappa shape index (κ2) is 8.55. The van der Waals surface area contributed by atoms with Gasteiger partial charge in [-0.25, -0.2) is 4.39 Å². The van der Waals surface area contributed by atoms with Crippen LogP contribution in [0, 0.1) is 5.82 Å². The Bertz CT molecular complexity index is 1570. The molecule has 0 atom stereocenters. The molecule has 10 heteroatoms. The molecule has 0 unspecified atom stereocenters. The second-order valence-corrected chi connectivity index (χ2v) is 10.0. The van der Waals surface area contributed by atoms with E-state index in [1.807, 2.05) is 12.1 Å². The minimum atomic E-state index is -0.486. The number of carbonyl (C=O) groups is 3. The fourth-order valence-corrected chi connectivity index (χ4v) is 5.49. The Morgan fingerprint density at radius 3 is 2.62 bits per heavy atom. The normalized spacial score (nSPS) is 15.9. The molecule has 2 aliphatic rings. The summed E-state index contributed by atoms with van der Waals surface area (Å²) in [6.07, 6.45) is 4.02. The van der Waals surface area contributed by atoms with E-state index in [2.05, 4.69) is 10.1 Å². The lowest BCUT2D eigenvalue weighted by atomic mass is 10.0. The monoisotopic (exact) mass is 519 g/mol. The first kappa shape index (κ1) is 23.4. The van der Waals surface area contributed by atoms with Crippen LogP contribution in [-0.4, -0.2) is 56.3 Å². The van der Waals surface area contributed by atoms with Crippen LogP contribution in [0.15, 0.2) is 48.7 Å². The number of hydrogen-bond acceptors (Lipinski definition) is 4. The van der Waals surface area contributed by atoms with Gasteiger partial charge in [0.2, 0.25) is 0 Å². The lowest BCUT2D eigenvalue weighted by Gasteiger charge is -2.31. The SMILES string of the molecule is CN(C(=O)c1cnn2c1CN(C(=O)c1cc3c(Cl)cc(F)cc3[nH]1)CC2)C1(c2ccc(C=O)cc2)CC1. The van der Waals surface area contributed by atoms with Crippen LogP contribution >= 0.6 is 11.6 Å². The fraction of sp³-hybridized carbons (Fsp3) is 0.259. The van der Waals surface area contributed by atoms with Crippen LogP contribution in [-0.2, 0) is 18.6 Å². The van der Waals surface area contributed by atoms with E-state index in [-0.39, 0.29) is 23.4 Å². The predicted octanol–water partition coefficient (Wildman–Crippen LogP) is 4.39. The molecule has 2 amide bonds. The molecule has 1 saturated carbocycles. The molecule has 6 rings (SSSR count). The molecule has 8 nitrogen and oxygen atoms in total. The number of carbonyl (C=O) groups excluding carboxylic acids is 3. The summed E-state index contributed by atoms with van der Waals surface area (Å²) in [6.45, 7) is 1.08. The molecule has 1 fully saturated rings. The van der Waals surface area contributed by atoms with E-state index in [0.717, 1.165) is 24.7 Å². The zero-order chi connectivity index (χ0) is 25.9. The number of halogens is 2. The van der Waals surface area contributed by atoms with Gasteiger partial charge >= 0.3 is 0 Å². The molecule has 2 aromatic carbocycles. The molecule has 1 aliphatic heterocycles. The molecule has 1 N–H and O–H groups in total. The first-order chi connectivity index (χ1) is 17.8. The number of nitrogens with one attached hydrogen (secondary N) is 1. The number of benzene rings is 2. The topological polar surface area (TPSA) is 91.3 Å². The van der Waals surface area contributed by atoms with E-state index in [0.29, 0.717) is 46.5 Å². The number of aldehydes is 1. The highest BCUT2D eigenvalue weighted by Gasteiger charge is 2.50. The highest BCUT2D eigenvalue weighted by molar-refractivity contribution is 6.35. The van der Waals surface area contributed by atoms with Crippen LogP contribution in [0.4, 0.5) is 4.39 Å². The summed E-state index contributed by atoms with van der Waals surface area (Å²) in [6, 6.07) is 11.5. The Morgan fingerprint density at radius 1 is 1.16 bits per heavy atom. The van der Waals surface area contributed by atoms with Gasteiger partial charge in [-0.3, -0.25) is 19.1 Å². The van der Waals surface area contributed by atoms with Crippen molar-refractivity contribution in [2.24, 2.45) is 0 Å². The summed E-state index contributed by atoms with van der Waals surface area (Å²) < 4.78 is 15.5. The number of aromatic nitrogens is 3. The molecule has 0 saturated heterocycles. The number of nitrogens with zero attached hydrogens (tertiary/aromatic N) is 4. The molecule has 3 heterocycles. The average molecular weight is 520 g/mol. The molecule has 0 spiro atoms. The van der Waals surface area contributed by atoms with E-state index in [9.17, 15) is 18.8 Å². The summed E-state index contributed by atoms with van der Waals surface area (Å²) in [5.74, 6) is -0.915. The molecule has 0 radical (unpaired) electrons. The van der Waals surface area contributed by atoms with Crippen LogP contribution in [0.25, 0.3) is 10.9 Å². The third-order valence-electron chi connectivity index (χ3n) is 7.53. The number of hydrogen-bond donors (Lipinski definition) is 1. The molecule has 37 heavy (non-hydrogen) atoms. The minimum Gasteiger partial charge on any atom is -0.350 e. The first-order valence-electron chi connectivity index (χ1n) is 12.0. The maximum atomic E-state index is 13.7. The van der Waals surface area contributed by atoms with Crippen molar-refractivity contribution in [1.82, 2.24) is 24.6 Å². The first-order valence-corrected chi connectivity index (χ1v) is 12.3. The summed E-state index contributed by atoms with van der Waals surface area (Å²) in [4.78, 5) is 44.4. The van der Waals surface area contributed by atoms with Gasteiger partial charge in [-0.15, -0.1) is 0 Å². The molecular formula is C27H23ClFN5O3. The van der Waals surface area contributed by atoms with Gasteiger partial charge in [-0.2, -0.15) is 5.10 Å². The van der Waals surface area contributed by atoms with Crippen LogP contribution in [0.3, 0.4) is 0 Å². The molecular weight excluding hydrogens is 497 g/mol. The predicted molar refractivity (Wildman–Crippen MR) is 135 cm³/mol. The van der Waals surface area contributed by atoms with Crippen molar-refractivity contribution in [3.05, 3.63) is 87.6 Å². The largest absolute Gasteiger partial charge is 0.350 e. The highest BCUT2D eigenvalue weighted by atomic mass is 35.5. The second-order valence-electron chi connectivity index (χ2n) is 9.62. The summed E-state index contributed by atoms with van der Waals surface area (Å²) >= 11 is 6.15. The lowest BCUT2D eigenvalue weighted by Crippen LogP contribution is -2.41. The van der Waals surface area contributed by atoms with Crippen molar-refractivity contribution in [2.75, 3.05) is 13.6 Å². The third kappa shape index (κ3) is 3.81. The van der Waals surface area contributed by atoms with Gasteiger partial charge in [-0.1, -0.05) is 35.9 Å². The van der Waals surface area contributed by atoms with E-state index in [4.69, 9.17) is 11.6 Å². The number of fused-ring (bicyclic) bond motifs is 2. The van der Waals surface area contributed by atoms with E-state index in [1.165, 1.54) is 12.1 Å². The van der Waals surface area contributed by atoms with Gasteiger partial charge in [0.15, 0.2) is 0 Å². The van der Waals surface area contributed by atoms with Gasteiger partial charge in [0.25, 0.3) is 11.8 Å². The van der Waals surface area contributed by atoms with Crippen molar-refractivity contribution in [3.63, 3.8) is 0 Å². The minimum absolute atomic E-state index is 0.166. The smallest absolute Gasteiger partial charge is 0.270 e. The lowest BCUT2D eigenvalue weighted by molar-refractivity contribution is 0.0670.